The lowest BCUT2D eigenvalue weighted by atomic mass is 10.1. The summed E-state index contributed by atoms with van der Waals surface area (Å²) in [6.07, 6.45) is 4.77. The van der Waals surface area contributed by atoms with Crippen molar-refractivity contribution in [1.29, 1.82) is 0 Å². The van der Waals surface area contributed by atoms with E-state index in [1.807, 2.05) is 23.9 Å². The van der Waals surface area contributed by atoms with Gasteiger partial charge in [0.2, 0.25) is 0 Å². The summed E-state index contributed by atoms with van der Waals surface area (Å²) in [4.78, 5) is 2.26. The molecule has 1 aromatic heterocycles. The number of nitrogens with zero attached hydrogens (tertiary/aromatic N) is 3. The Morgan fingerprint density at radius 2 is 2.19 bits per heavy atom. The molecule has 21 heavy (non-hydrogen) atoms. The van der Waals surface area contributed by atoms with Crippen LogP contribution in [0.25, 0.3) is 0 Å². The van der Waals surface area contributed by atoms with Crippen molar-refractivity contribution in [2.75, 3.05) is 39.4 Å². The highest BCUT2D eigenvalue weighted by Crippen LogP contribution is 2.08. The third-order valence-corrected chi connectivity index (χ3v) is 3.85. The van der Waals surface area contributed by atoms with Gasteiger partial charge in [0.05, 0.1) is 18.8 Å². The van der Waals surface area contributed by atoms with Crippen LogP contribution in [-0.4, -0.2) is 70.8 Å². The van der Waals surface area contributed by atoms with Gasteiger partial charge in [-0.1, -0.05) is 0 Å². The highest BCUT2D eigenvalue weighted by molar-refractivity contribution is 4.83. The van der Waals surface area contributed by atoms with E-state index in [1.165, 1.54) is 0 Å². The van der Waals surface area contributed by atoms with Gasteiger partial charge in [-0.05, 0) is 26.3 Å². The van der Waals surface area contributed by atoms with Crippen molar-refractivity contribution in [1.82, 2.24) is 20.0 Å². The van der Waals surface area contributed by atoms with E-state index in [2.05, 4.69) is 22.2 Å². The van der Waals surface area contributed by atoms with E-state index in [9.17, 15) is 5.11 Å². The average molecular weight is 296 g/mol. The maximum Gasteiger partial charge on any atom is 0.0869 e. The van der Waals surface area contributed by atoms with Gasteiger partial charge < -0.3 is 15.2 Å². The maximum absolute atomic E-state index is 10.5. The number of rotatable bonds is 8. The normalized spacial score (nSPS) is 21.1. The summed E-state index contributed by atoms with van der Waals surface area (Å²) >= 11 is 0. The number of aromatic nitrogens is 2. The first-order valence-electron chi connectivity index (χ1n) is 7.78. The fourth-order valence-electron chi connectivity index (χ4n) is 2.55. The Kier molecular flexibility index (Phi) is 6.17. The number of hydrogen-bond acceptors (Lipinski definition) is 5. The molecule has 1 aliphatic rings. The SMILES string of the molecule is CC(CCn1cccn1)NCC(C)(O)CN1CCOCC1. The Morgan fingerprint density at radius 1 is 1.43 bits per heavy atom. The van der Waals surface area contributed by atoms with E-state index in [4.69, 9.17) is 4.74 Å². The molecule has 2 unspecified atom stereocenters. The summed E-state index contributed by atoms with van der Waals surface area (Å²) in [7, 11) is 0. The minimum Gasteiger partial charge on any atom is -0.388 e. The zero-order chi connectivity index (χ0) is 15.1. The predicted octanol–water partition coefficient (Wildman–Crippen LogP) is 0.335. The molecular weight excluding hydrogens is 268 g/mol. The van der Waals surface area contributed by atoms with Crippen molar-refractivity contribution in [2.45, 2.75) is 38.5 Å². The van der Waals surface area contributed by atoms with Crippen molar-refractivity contribution < 1.29 is 9.84 Å². The van der Waals surface area contributed by atoms with E-state index in [-0.39, 0.29) is 0 Å². The van der Waals surface area contributed by atoms with Crippen molar-refractivity contribution in [2.24, 2.45) is 0 Å². The lowest BCUT2D eigenvalue weighted by molar-refractivity contribution is -0.0228. The molecule has 0 aliphatic carbocycles. The second-order valence-corrected chi connectivity index (χ2v) is 6.23. The second-order valence-electron chi connectivity index (χ2n) is 6.23. The van der Waals surface area contributed by atoms with Crippen molar-refractivity contribution in [3.8, 4) is 0 Å². The number of morpholine rings is 1. The average Bonchev–Trinajstić information content (AvgIpc) is 2.97. The first-order valence-corrected chi connectivity index (χ1v) is 7.78. The van der Waals surface area contributed by atoms with Crippen LogP contribution in [0.3, 0.4) is 0 Å². The van der Waals surface area contributed by atoms with Gasteiger partial charge in [-0.15, -0.1) is 0 Å². The Bertz CT molecular complexity index is 388. The van der Waals surface area contributed by atoms with Crippen LogP contribution in [0.2, 0.25) is 0 Å². The molecule has 0 bridgehead atoms. The number of β-amino-alcohol motifs (C(OH)–C–C–N with tert-alkyl or cyclic N) is 1. The molecule has 120 valence electrons. The van der Waals surface area contributed by atoms with Crippen molar-refractivity contribution in [3.63, 3.8) is 0 Å². The number of aryl methyl sites for hydroxylation is 1. The minimum atomic E-state index is -0.711. The van der Waals surface area contributed by atoms with Gasteiger partial charge in [0, 0.05) is 51.2 Å². The van der Waals surface area contributed by atoms with Gasteiger partial charge in [0.15, 0.2) is 0 Å². The lowest BCUT2D eigenvalue weighted by Gasteiger charge is -2.34. The highest BCUT2D eigenvalue weighted by atomic mass is 16.5. The number of hydrogen-bond donors (Lipinski definition) is 2. The second kappa shape index (κ2) is 7.89. The molecule has 6 heteroatoms. The Balaban J connectivity index is 1.65. The van der Waals surface area contributed by atoms with Gasteiger partial charge in [-0.25, -0.2) is 0 Å². The number of aliphatic hydroxyl groups is 1. The minimum absolute atomic E-state index is 0.352. The van der Waals surface area contributed by atoms with Gasteiger partial charge in [0.25, 0.3) is 0 Å². The molecule has 2 N–H and O–H groups in total. The summed E-state index contributed by atoms with van der Waals surface area (Å²) in [6, 6.07) is 2.29. The zero-order valence-corrected chi connectivity index (χ0v) is 13.2. The molecule has 0 spiro atoms. The summed E-state index contributed by atoms with van der Waals surface area (Å²) in [5.41, 5.74) is -0.711. The van der Waals surface area contributed by atoms with Gasteiger partial charge in [-0.2, -0.15) is 5.10 Å². The standard InChI is InChI=1S/C15H28N4O2/c1-14(4-7-19-6-3-5-17-19)16-12-15(2,20)13-18-8-10-21-11-9-18/h3,5-6,14,16,20H,4,7-13H2,1-2H3. The predicted molar refractivity (Wildman–Crippen MR) is 82.2 cm³/mol. The van der Waals surface area contributed by atoms with E-state index < -0.39 is 5.60 Å². The fourth-order valence-corrected chi connectivity index (χ4v) is 2.55. The molecule has 0 radical (unpaired) electrons. The molecule has 0 amide bonds. The number of nitrogens with one attached hydrogen (secondary N) is 1. The summed E-state index contributed by atoms with van der Waals surface area (Å²) in [6.45, 7) is 9.58. The Labute approximate surface area is 127 Å². The zero-order valence-electron chi connectivity index (χ0n) is 13.2. The van der Waals surface area contributed by atoms with Crippen molar-refractivity contribution >= 4 is 0 Å². The maximum atomic E-state index is 10.5. The molecule has 1 saturated heterocycles. The van der Waals surface area contributed by atoms with Crippen molar-refractivity contribution in [3.05, 3.63) is 18.5 Å². The van der Waals surface area contributed by atoms with E-state index in [0.29, 0.717) is 19.1 Å². The Hall–Kier alpha value is -0.950. The Morgan fingerprint density at radius 3 is 2.86 bits per heavy atom. The molecule has 1 aromatic rings. The number of ether oxygens (including phenoxy) is 1. The molecule has 1 fully saturated rings. The van der Waals surface area contributed by atoms with Crippen LogP contribution in [0, 0.1) is 0 Å². The largest absolute Gasteiger partial charge is 0.388 e. The summed E-state index contributed by atoms with van der Waals surface area (Å²) in [5.74, 6) is 0. The van der Waals surface area contributed by atoms with E-state index in [1.54, 1.807) is 6.20 Å². The molecule has 1 aliphatic heterocycles. The fraction of sp³-hybridized carbons (Fsp3) is 0.800. The van der Waals surface area contributed by atoms with Crippen LogP contribution in [0.15, 0.2) is 18.5 Å². The monoisotopic (exact) mass is 296 g/mol. The molecule has 0 saturated carbocycles. The van der Waals surface area contributed by atoms with E-state index in [0.717, 1.165) is 39.3 Å². The lowest BCUT2D eigenvalue weighted by Crippen LogP contribution is -2.51. The summed E-state index contributed by atoms with van der Waals surface area (Å²) in [5, 5.41) is 18.1. The highest BCUT2D eigenvalue weighted by Gasteiger charge is 2.25. The van der Waals surface area contributed by atoms with Gasteiger partial charge in [-0.3, -0.25) is 9.58 Å². The first kappa shape index (κ1) is 16.4. The van der Waals surface area contributed by atoms with Crippen LogP contribution in [0.1, 0.15) is 20.3 Å². The third kappa shape index (κ3) is 6.13. The van der Waals surface area contributed by atoms with Crippen LogP contribution in [0.4, 0.5) is 0 Å². The van der Waals surface area contributed by atoms with E-state index >= 15 is 0 Å². The van der Waals surface area contributed by atoms with Gasteiger partial charge >= 0.3 is 0 Å². The molecular formula is C15H28N4O2. The van der Waals surface area contributed by atoms with Crippen LogP contribution < -0.4 is 5.32 Å². The smallest absolute Gasteiger partial charge is 0.0869 e. The third-order valence-electron chi connectivity index (χ3n) is 3.85. The molecule has 2 rings (SSSR count). The molecule has 0 aromatic carbocycles. The topological polar surface area (TPSA) is 62.5 Å². The van der Waals surface area contributed by atoms with Crippen LogP contribution >= 0.6 is 0 Å². The molecule has 2 heterocycles. The van der Waals surface area contributed by atoms with Gasteiger partial charge in [0.1, 0.15) is 0 Å². The van der Waals surface area contributed by atoms with Crippen LogP contribution in [0.5, 0.6) is 0 Å². The first-order chi connectivity index (χ1) is 10.1. The molecule has 6 nitrogen and oxygen atoms in total. The molecule has 2 atom stereocenters. The quantitative estimate of drug-likeness (QED) is 0.724. The summed E-state index contributed by atoms with van der Waals surface area (Å²) < 4.78 is 7.27. The van der Waals surface area contributed by atoms with Crippen LogP contribution in [-0.2, 0) is 11.3 Å².